The molecule has 1 radical (unpaired) electrons. The monoisotopic (exact) mass is 122 g/mol. The van der Waals surface area contributed by atoms with E-state index in [1.165, 1.54) is 0 Å². The molecule has 0 aliphatic rings. The van der Waals surface area contributed by atoms with Gasteiger partial charge in [0, 0.05) is 6.54 Å². The van der Waals surface area contributed by atoms with Gasteiger partial charge in [0.05, 0.1) is 0 Å². The Balaban J connectivity index is 2.98. The number of thiol groups is 1. The van der Waals surface area contributed by atoms with Crippen LogP contribution in [0.5, 0.6) is 0 Å². The fourth-order valence-electron chi connectivity index (χ4n) is 0.170. The highest BCUT2D eigenvalue weighted by Gasteiger charge is 1.77. The highest BCUT2D eigenvalue weighted by atomic mass is 32.2. The molecule has 0 aromatic heterocycles. The number of rotatable bonds is 3. The summed E-state index contributed by atoms with van der Waals surface area (Å²) in [5.74, 6) is 0. The second-order valence-electron chi connectivity index (χ2n) is 1.02. The van der Waals surface area contributed by atoms with E-state index in [0.29, 0.717) is 13.0 Å². The van der Waals surface area contributed by atoms with Crippen molar-refractivity contribution in [2.45, 2.75) is 6.42 Å². The molecule has 0 unspecified atom stereocenters. The lowest BCUT2D eigenvalue weighted by Crippen LogP contribution is -2.10. The van der Waals surface area contributed by atoms with Gasteiger partial charge in [0.15, 0.2) is 0 Å². The standard InChI is InChI=1S/C3H8NO2S/c1-2-3-4-7(5)6/h7H,1-3H2,(H,4,5,6). The van der Waals surface area contributed by atoms with Gasteiger partial charge >= 0.3 is 0 Å². The summed E-state index contributed by atoms with van der Waals surface area (Å²) < 4.78 is 21.5. The molecule has 0 saturated carbocycles. The van der Waals surface area contributed by atoms with Gasteiger partial charge < -0.3 is 0 Å². The van der Waals surface area contributed by atoms with Crippen molar-refractivity contribution in [2.75, 3.05) is 6.54 Å². The summed E-state index contributed by atoms with van der Waals surface area (Å²) in [5.41, 5.74) is 0. The fourth-order valence-corrected chi connectivity index (χ4v) is 0.511. The minimum atomic E-state index is -2.40. The van der Waals surface area contributed by atoms with E-state index in [1.807, 2.05) is 0 Å². The van der Waals surface area contributed by atoms with Crippen LogP contribution < -0.4 is 4.72 Å². The summed E-state index contributed by atoms with van der Waals surface area (Å²) in [6.45, 7) is 3.87. The highest BCUT2D eigenvalue weighted by Crippen LogP contribution is 1.64. The summed E-state index contributed by atoms with van der Waals surface area (Å²) in [6.07, 6.45) is 0.601. The van der Waals surface area contributed by atoms with Crippen LogP contribution in [-0.2, 0) is 10.9 Å². The van der Waals surface area contributed by atoms with Gasteiger partial charge in [-0.3, -0.25) is 0 Å². The molecule has 0 heterocycles. The van der Waals surface area contributed by atoms with Crippen LogP contribution in [0.2, 0.25) is 0 Å². The molecule has 0 bridgehead atoms. The van der Waals surface area contributed by atoms with Crippen LogP contribution in [0.3, 0.4) is 0 Å². The van der Waals surface area contributed by atoms with E-state index in [2.05, 4.69) is 11.6 Å². The zero-order valence-corrected chi connectivity index (χ0v) is 4.78. The maximum Gasteiger partial charge on any atom is 0.201 e. The van der Waals surface area contributed by atoms with E-state index in [1.54, 1.807) is 0 Å². The minimum absolute atomic E-state index is 0.443. The smallest absolute Gasteiger partial charge is 0.201 e. The van der Waals surface area contributed by atoms with Crippen molar-refractivity contribution in [3.05, 3.63) is 6.92 Å². The Labute approximate surface area is 44.8 Å². The molecule has 0 amide bonds. The predicted molar refractivity (Wildman–Crippen MR) is 28.3 cm³/mol. The van der Waals surface area contributed by atoms with Gasteiger partial charge in [-0.25, -0.2) is 13.1 Å². The number of hydrogen-bond donors (Lipinski definition) is 2. The summed E-state index contributed by atoms with van der Waals surface area (Å²) in [4.78, 5) is 0. The topological polar surface area (TPSA) is 46.2 Å². The average molecular weight is 122 g/mol. The second kappa shape index (κ2) is 4.08. The molecule has 0 spiro atoms. The van der Waals surface area contributed by atoms with Crippen LogP contribution in [0, 0.1) is 6.92 Å². The van der Waals surface area contributed by atoms with Gasteiger partial charge in [0.2, 0.25) is 10.9 Å². The van der Waals surface area contributed by atoms with Crippen LogP contribution >= 0.6 is 0 Å². The Hall–Kier alpha value is -0.0900. The van der Waals surface area contributed by atoms with Gasteiger partial charge in [0.1, 0.15) is 0 Å². The van der Waals surface area contributed by atoms with Gasteiger partial charge in [0.25, 0.3) is 0 Å². The van der Waals surface area contributed by atoms with E-state index in [0.717, 1.165) is 0 Å². The van der Waals surface area contributed by atoms with Crippen LogP contribution in [0.25, 0.3) is 0 Å². The van der Waals surface area contributed by atoms with Crippen LogP contribution in [-0.4, -0.2) is 15.0 Å². The predicted octanol–water partition coefficient (Wildman–Crippen LogP) is -0.673. The molecule has 0 aliphatic heterocycles. The normalized spacial score (nSPS) is 10.0. The third-order valence-electron chi connectivity index (χ3n) is 0.418. The third-order valence-corrected chi connectivity index (χ3v) is 0.899. The molecule has 0 aromatic carbocycles. The molecular formula is C3H8NO2S. The second-order valence-corrected chi connectivity index (χ2v) is 1.85. The molecule has 0 fully saturated rings. The quantitative estimate of drug-likeness (QED) is 0.487. The van der Waals surface area contributed by atoms with Crippen molar-refractivity contribution in [3.63, 3.8) is 0 Å². The van der Waals surface area contributed by atoms with Crippen LogP contribution in [0.1, 0.15) is 6.42 Å². The van der Waals surface area contributed by atoms with E-state index in [9.17, 15) is 8.42 Å². The zero-order chi connectivity index (χ0) is 5.70. The largest absolute Gasteiger partial charge is 0.218 e. The summed E-state index contributed by atoms with van der Waals surface area (Å²) in [7, 11) is -2.40. The summed E-state index contributed by atoms with van der Waals surface area (Å²) in [5, 5.41) is 0. The number of nitrogens with one attached hydrogen (secondary N) is 1. The fraction of sp³-hybridized carbons (Fsp3) is 0.667. The molecule has 0 saturated heterocycles. The Morgan fingerprint density at radius 2 is 2.14 bits per heavy atom. The van der Waals surface area contributed by atoms with E-state index in [4.69, 9.17) is 0 Å². The average Bonchev–Trinajstić information content (AvgIpc) is 1.61. The molecule has 4 heteroatoms. The maximum absolute atomic E-state index is 9.66. The van der Waals surface area contributed by atoms with Gasteiger partial charge in [-0.2, -0.15) is 0 Å². The van der Waals surface area contributed by atoms with Crippen molar-refractivity contribution in [1.29, 1.82) is 0 Å². The van der Waals surface area contributed by atoms with Crippen molar-refractivity contribution in [1.82, 2.24) is 4.72 Å². The zero-order valence-electron chi connectivity index (χ0n) is 3.89. The lowest BCUT2D eigenvalue weighted by atomic mass is 10.5. The molecule has 0 aliphatic carbocycles. The molecule has 1 N–H and O–H groups in total. The van der Waals surface area contributed by atoms with Crippen molar-refractivity contribution in [2.24, 2.45) is 0 Å². The van der Waals surface area contributed by atoms with Gasteiger partial charge in [-0.05, 0) is 6.42 Å². The molecular weight excluding hydrogens is 114 g/mol. The molecule has 0 aromatic rings. The van der Waals surface area contributed by atoms with E-state index < -0.39 is 10.9 Å². The van der Waals surface area contributed by atoms with E-state index >= 15 is 0 Å². The SMILES string of the molecule is [CH2]CCN[SH](=O)=O. The Kier molecular flexibility index (Phi) is 4.03. The number of hydrogen-bond acceptors (Lipinski definition) is 2. The lowest BCUT2D eigenvalue weighted by Gasteiger charge is -1.85. The van der Waals surface area contributed by atoms with E-state index in [-0.39, 0.29) is 0 Å². The highest BCUT2D eigenvalue weighted by molar-refractivity contribution is 7.70. The first-order valence-electron chi connectivity index (χ1n) is 1.94. The molecule has 7 heavy (non-hydrogen) atoms. The van der Waals surface area contributed by atoms with Crippen molar-refractivity contribution < 1.29 is 8.42 Å². The maximum atomic E-state index is 9.66. The first-order valence-corrected chi connectivity index (χ1v) is 3.12. The van der Waals surface area contributed by atoms with Crippen molar-refractivity contribution in [3.8, 4) is 0 Å². The Morgan fingerprint density at radius 3 is 2.29 bits per heavy atom. The minimum Gasteiger partial charge on any atom is -0.218 e. The molecule has 0 rings (SSSR count). The molecule has 0 atom stereocenters. The molecule has 43 valence electrons. The summed E-state index contributed by atoms with van der Waals surface area (Å²) >= 11 is 0. The van der Waals surface area contributed by atoms with Crippen molar-refractivity contribution >= 4 is 10.9 Å². The third kappa shape index (κ3) is 5.91. The summed E-state index contributed by atoms with van der Waals surface area (Å²) in [6, 6.07) is 0. The lowest BCUT2D eigenvalue weighted by molar-refractivity contribution is 0.602. The Morgan fingerprint density at radius 1 is 1.57 bits per heavy atom. The van der Waals surface area contributed by atoms with Gasteiger partial charge in [-0.1, -0.05) is 6.92 Å². The first-order chi connectivity index (χ1) is 3.27. The molecule has 3 nitrogen and oxygen atoms in total. The Bertz CT molecular complexity index is 91.1. The first kappa shape index (κ1) is 6.91. The van der Waals surface area contributed by atoms with Crippen LogP contribution in [0.15, 0.2) is 0 Å². The van der Waals surface area contributed by atoms with Crippen LogP contribution in [0.4, 0.5) is 0 Å². The van der Waals surface area contributed by atoms with Gasteiger partial charge in [-0.15, -0.1) is 0 Å².